The van der Waals surface area contributed by atoms with E-state index in [9.17, 15) is 5.11 Å². The van der Waals surface area contributed by atoms with Crippen molar-refractivity contribution in [2.75, 3.05) is 0 Å². The van der Waals surface area contributed by atoms with E-state index in [1.165, 1.54) is 16.6 Å². The van der Waals surface area contributed by atoms with Gasteiger partial charge in [0, 0.05) is 23.7 Å². The minimum atomic E-state index is -0.380. The highest BCUT2D eigenvalue weighted by Gasteiger charge is 2.29. The fourth-order valence-corrected chi connectivity index (χ4v) is 3.35. The Bertz CT molecular complexity index is 744. The topological polar surface area (TPSA) is 25.2 Å². The SMILES string of the molecule is O[C@H](c1ccccc1)[C@@H]1Cc2cc3ccccc3n2C1. The highest BCUT2D eigenvalue weighted by Crippen LogP contribution is 2.35. The highest BCUT2D eigenvalue weighted by molar-refractivity contribution is 5.81. The van der Waals surface area contributed by atoms with Gasteiger partial charge in [-0.15, -0.1) is 0 Å². The fourth-order valence-electron chi connectivity index (χ4n) is 3.35. The van der Waals surface area contributed by atoms with Gasteiger partial charge in [-0.1, -0.05) is 48.5 Å². The minimum Gasteiger partial charge on any atom is -0.388 e. The Kier molecular flexibility index (Phi) is 2.64. The lowest BCUT2D eigenvalue weighted by molar-refractivity contribution is 0.108. The number of fused-ring (bicyclic) bond motifs is 3. The molecule has 2 heterocycles. The summed E-state index contributed by atoms with van der Waals surface area (Å²) in [5, 5.41) is 11.9. The first-order valence-corrected chi connectivity index (χ1v) is 7.13. The van der Waals surface area contributed by atoms with Crippen molar-refractivity contribution in [3.8, 4) is 0 Å². The summed E-state index contributed by atoms with van der Waals surface area (Å²) in [4.78, 5) is 0. The van der Waals surface area contributed by atoms with Crippen LogP contribution in [0.25, 0.3) is 10.9 Å². The van der Waals surface area contributed by atoms with Crippen LogP contribution < -0.4 is 0 Å². The number of rotatable bonds is 2. The van der Waals surface area contributed by atoms with Crippen LogP contribution in [0, 0.1) is 5.92 Å². The van der Waals surface area contributed by atoms with E-state index in [1.54, 1.807) is 0 Å². The highest BCUT2D eigenvalue weighted by atomic mass is 16.3. The third kappa shape index (κ3) is 1.76. The molecule has 100 valence electrons. The molecule has 2 nitrogen and oxygen atoms in total. The minimum absolute atomic E-state index is 0.275. The average molecular weight is 263 g/mol. The summed E-state index contributed by atoms with van der Waals surface area (Å²) < 4.78 is 2.35. The number of hydrogen-bond acceptors (Lipinski definition) is 1. The number of nitrogens with zero attached hydrogens (tertiary/aromatic N) is 1. The van der Waals surface area contributed by atoms with Crippen molar-refractivity contribution in [2.24, 2.45) is 5.92 Å². The zero-order chi connectivity index (χ0) is 13.5. The smallest absolute Gasteiger partial charge is 0.0839 e. The van der Waals surface area contributed by atoms with Gasteiger partial charge in [-0.05, 0) is 29.5 Å². The molecule has 2 heteroatoms. The molecule has 2 atom stereocenters. The molecular formula is C18H17NO. The van der Waals surface area contributed by atoms with Gasteiger partial charge in [0.1, 0.15) is 0 Å². The van der Waals surface area contributed by atoms with E-state index >= 15 is 0 Å². The van der Waals surface area contributed by atoms with Gasteiger partial charge in [-0.3, -0.25) is 0 Å². The normalized spacial score (nSPS) is 19.1. The molecule has 3 aromatic rings. The molecule has 0 spiro atoms. The molecule has 1 aromatic heterocycles. The van der Waals surface area contributed by atoms with Crippen molar-refractivity contribution in [1.82, 2.24) is 4.57 Å². The molecule has 2 aromatic carbocycles. The Balaban J connectivity index is 1.65. The number of aliphatic hydroxyl groups excluding tert-OH is 1. The van der Waals surface area contributed by atoms with Crippen molar-refractivity contribution in [2.45, 2.75) is 19.1 Å². The van der Waals surface area contributed by atoms with E-state index in [0.29, 0.717) is 0 Å². The van der Waals surface area contributed by atoms with Crippen LogP contribution in [0.5, 0.6) is 0 Å². The monoisotopic (exact) mass is 263 g/mol. The molecule has 1 aliphatic heterocycles. The van der Waals surface area contributed by atoms with Gasteiger partial charge in [-0.2, -0.15) is 0 Å². The molecule has 0 unspecified atom stereocenters. The van der Waals surface area contributed by atoms with Crippen LogP contribution in [0.1, 0.15) is 17.4 Å². The number of hydrogen-bond donors (Lipinski definition) is 1. The Morgan fingerprint density at radius 2 is 1.75 bits per heavy atom. The summed E-state index contributed by atoms with van der Waals surface area (Å²) in [6.07, 6.45) is 0.569. The van der Waals surface area contributed by atoms with Gasteiger partial charge >= 0.3 is 0 Å². The Morgan fingerprint density at radius 3 is 2.60 bits per heavy atom. The van der Waals surface area contributed by atoms with Crippen LogP contribution in [0.2, 0.25) is 0 Å². The zero-order valence-corrected chi connectivity index (χ0v) is 11.2. The van der Waals surface area contributed by atoms with Gasteiger partial charge in [0.05, 0.1) is 6.10 Å². The van der Waals surface area contributed by atoms with E-state index in [0.717, 1.165) is 18.5 Å². The zero-order valence-electron chi connectivity index (χ0n) is 11.2. The molecule has 0 aliphatic carbocycles. The van der Waals surface area contributed by atoms with E-state index in [2.05, 4.69) is 34.9 Å². The second-order valence-electron chi connectivity index (χ2n) is 5.62. The number of aliphatic hydroxyl groups is 1. The maximum Gasteiger partial charge on any atom is 0.0839 e. The maximum atomic E-state index is 10.6. The molecule has 0 bridgehead atoms. The first-order chi connectivity index (χ1) is 9.83. The molecule has 0 radical (unpaired) electrons. The van der Waals surface area contributed by atoms with Crippen molar-refractivity contribution < 1.29 is 5.11 Å². The molecule has 1 aliphatic rings. The summed E-state index contributed by atoms with van der Waals surface area (Å²) in [5.74, 6) is 0.275. The Labute approximate surface area is 118 Å². The van der Waals surface area contributed by atoms with Crippen LogP contribution in [-0.2, 0) is 13.0 Å². The van der Waals surface area contributed by atoms with Crippen molar-refractivity contribution in [3.05, 3.63) is 71.9 Å². The molecule has 0 fully saturated rings. The van der Waals surface area contributed by atoms with Gasteiger partial charge in [0.25, 0.3) is 0 Å². The molecule has 4 rings (SSSR count). The molecule has 0 saturated heterocycles. The summed E-state index contributed by atoms with van der Waals surface area (Å²) in [6, 6.07) is 20.7. The number of aromatic nitrogens is 1. The third-order valence-corrected chi connectivity index (χ3v) is 4.37. The first-order valence-electron chi connectivity index (χ1n) is 7.13. The van der Waals surface area contributed by atoms with Crippen LogP contribution in [0.3, 0.4) is 0 Å². The lowest BCUT2D eigenvalue weighted by Crippen LogP contribution is -2.14. The van der Waals surface area contributed by atoms with Crippen molar-refractivity contribution in [1.29, 1.82) is 0 Å². The van der Waals surface area contributed by atoms with Gasteiger partial charge < -0.3 is 9.67 Å². The summed E-state index contributed by atoms with van der Waals surface area (Å²) in [5.41, 5.74) is 3.64. The van der Waals surface area contributed by atoms with Crippen LogP contribution in [-0.4, -0.2) is 9.67 Å². The summed E-state index contributed by atoms with van der Waals surface area (Å²) in [6.45, 7) is 0.902. The lowest BCUT2D eigenvalue weighted by Gasteiger charge is -2.18. The van der Waals surface area contributed by atoms with E-state index < -0.39 is 0 Å². The second kappa shape index (κ2) is 4.50. The largest absolute Gasteiger partial charge is 0.388 e. The van der Waals surface area contributed by atoms with Gasteiger partial charge in [0.15, 0.2) is 0 Å². The standard InChI is InChI=1S/C18H17NO/c20-18(13-6-2-1-3-7-13)15-11-16-10-14-8-4-5-9-17(14)19(16)12-15/h1-10,15,18,20H,11-12H2/t15-,18-/m1/s1. The molecule has 0 saturated carbocycles. The molecule has 0 amide bonds. The predicted octanol–water partition coefficient (Wildman–Crippen LogP) is 3.55. The summed E-state index contributed by atoms with van der Waals surface area (Å²) >= 11 is 0. The number of benzene rings is 2. The van der Waals surface area contributed by atoms with Crippen LogP contribution in [0.15, 0.2) is 60.7 Å². The third-order valence-electron chi connectivity index (χ3n) is 4.37. The quantitative estimate of drug-likeness (QED) is 0.751. The molecule has 1 N–H and O–H groups in total. The predicted molar refractivity (Wildman–Crippen MR) is 80.5 cm³/mol. The fraction of sp³-hybridized carbons (Fsp3) is 0.222. The maximum absolute atomic E-state index is 10.6. The second-order valence-corrected chi connectivity index (χ2v) is 5.62. The van der Waals surface area contributed by atoms with E-state index in [4.69, 9.17) is 0 Å². The van der Waals surface area contributed by atoms with Gasteiger partial charge in [-0.25, -0.2) is 0 Å². The van der Waals surface area contributed by atoms with Crippen molar-refractivity contribution in [3.63, 3.8) is 0 Å². The van der Waals surface area contributed by atoms with Crippen LogP contribution in [0.4, 0.5) is 0 Å². The van der Waals surface area contributed by atoms with E-state index in [1.807, 2.05) is 30.3 Å². The van der Waals surface area contributed by atoms with Crippen LogP contribution >= 0.6 is 0 Å². The Hall–Kier alpha value is -2.06. The average Bonchev–Trinajstić information content (AvgIpc) is 3.05. The van der Waals surface area contributed by atoms with Gasteiger partial charge in [0.2, 0.25) is 0 Å². The Morgan fingerprint density at radius 1 is 1.00 bits per heavy atom. The lowest BCUT2D eigenvalue weighted by atomic mass is 9.94. The molecular weight excluding hydrogens is 246 g/mol. The first kappa shape index (κ1) is 11.7. The molecule has 20 heavy (non-hydrogen) atoms. The van der Waals surface area contributed by atoms with Crippen molar-refractivity contribution >= 4 is 10.9 Å². The summed E-state index contributed by atoms with van der Waals surface area (Å²) in [7, 11) is 0. The number of para-hydroxylation sites is 1. The van der Waals surface area contributed by atoms with E-state index in [-0.39, 0.29) is 12.0 Å².